The molecular weight excluding hydrogens is 354 g/mol. The van der Waals surface area contributed by atoms with Crippen LogP contribution in [0.2, 0.25) is 0 Å². The van der Waals surface area contributed by atoms with E-state index in [4.69, 9.17) is 4.74 Å². The summed E-state index contributed by atoms with van der Waals surface area (Å²) >= 11 is 0. The molecule has 6 heteroatoms. The number of aromatic nitrogens is 1. The lowest BCUT2D eigenvalue weighted by Crippen LogP contribution is -2.17. The standard InChI is InChI=1S/C22H21N3O3/c1-3-28-22(27)17-9-5-7-11-19(17)25-21(26)20-14-16(12-13-23-20)24-18-10-6-4-8-15(18)2/h4-14H,3H2,1-2H3,(H,23,24)(H,25,26). The van der Waals surface area contributed by atoms with Crippen LogP contribution in [0.1, 0.15) is 33.3 Å². The Morgan fingerprint density at radius 1 is 1.00 bits per heavy atom. The summed E-state index contributed by atoms with van der Waals surface area (Å²) in [7, 11) is 0. The minimum absolute atomic E-state index is 0.234. The van der Waals surface area contributed by atoms with Crippen molar-refractivity contribution in [1.82, 2.24) is 4.98 Å². The van der Waals surface area contributed by atoms with Gasteiger partial charge in [-0.3, -0.25) is 9.78 Å². The van der Waals surface area contributed by atoms with Gasteiger partial charge in [-0.15, -0.1) is 0 Å². The van der Waals surface area contributed by atoms with Crippen LogP contribution in [-0.2, 0) is 4.74 Å². The third-order valence-corrected chi connectivity index (χ3v) is 4.09. The molecule has 0 unspecified atom stereocenters. The highest BCUT2D eigenvalue weighted by Crippen LogP contribution is 2.21. The second-order valence-electron chi connectivity index (χ2n) is 6.09. The predicted molar refractivity (Wildman–Crippen MR) is 109 cm³/mol. The van der Waals surface area contributed by atoms with Crippen molar-refractivity contribution in [2.75, 3.05) is 17.2 Å². The fourth-order valence-corrected chi connectivity index (χ4v) is 2.67. The van der Waals surface area contributed by atoms with Crippen molar-refractivity contribution in [2.24, 2.45) is 0 Å². The van der Waals surface area contributed by atoms with E-state index in [1.165, 1.54) is 0 Å². The number of esters is 1. The summed E-state index contributed by atoms with van der Waals surface area (Å²) in [6, 6.07) is 18.0. The molecule has 3 aromatic rings. The third-order valence-electron chi connectivity index (χ3n) is 4.09. The number of carbonyl (C=O) groups is 2. The number of carbonyl (C=O) groups excluding carboxylic acids is 2. The lowest BCUT2D eigenvalue weighted by atomic mass is 10.1. The number of hydrogen-bond acceptors (Lipinski definition) is 5. The van der Waals surface area contributed by atoms with Gasteiger partial charge in [0.1, 0.15) is 5.69 Å². The Hall–Kier alpha value is -3.67. The van der Waals surface area contributed by atoms with E-state index in [9.17, 15) is 9.59 Å². The number of nitrogens with zero attached hydrogens (tertiary/aromatic N) is 1. The molecule has 1 heterocycles. The molecule has 0 radical (unpaired) electrons. The van der Waals surface area contributed by atoms with Crippen LogP contribution in [-0.4, -0.2) is 23.5 Å². The third kappa shape index (κ3) is 4.54. The van der Waals surface area contributed by atoms with Crippen molar-refractivity contribution in [2.45, 2.75) is 13.8 Å². The monoisotopic (exact) mass is 375 g/mol. The molecule has 0 spiro atoms. The lowest BCUT2D eigenvalue weighted by molar-refractivity contribution is 0.0527. The topological polar surface area (TPSA) is 80.3 Å². The molecule has 0 aliphatic rings. The average molecular weight is 375 g/mol. The van der Waals surface area contributed by atoms with Crippen LogP contribution in [0.3, 0.4) is 0 Å². The number of rotatable bonds is 6. The van der Waals surface area contributed by atoms with Crippen molar-refractivity contribution in [3.8, 4) is 0 Å². The Balaban J connectivity index is 1.79. The van der Waals surface area contributed by atoms with Gasteiger partial charge in [0.15, 0.2) is 0 Å². The van der Waals surface area contributed by atoms with Crippen molar-refractivity contribution < 1.29 is 14.3 Å². The van der Waals surface area contributed by atoms with Gasteiger partial charge in [-0.25, -0.2) is 4.79 Å². The number of pyridine rings is 1. The number of amides is 1. The van der Waals surface area contributed by atoms with Crippen molar-refractivity contribution >= 4 is 28.9 Å². The lowest BCUT2D eigenvalue weighted by Gasteiger charge is -2.12. The van der Waals surface area contributed by atoms with E-state index < -0.39 is 11.9 Å². The molecule has 2 aromatic carbocycles. The summed E-state index contributed by atoms with van der Waals surface area (Å²) in [5.41, 5.74) is 3.70. The summed E-state index contributed by atoms with van der Waals surface area (Å²) in [5.74, 6) is -0.897. The SMILES string of the molecule is CCOC(=O)c1ccccc1NC(=O)c1cc(Nc2ccccc2C)ccn1. The van der Waals surface area contributed by atoms with E-state index in [1.54, 1.807) is 49.5 Å². The summed E-state index contributed by atoms with van der Waals surface area (Å²) in [5, 5.41) is 6.02. The fourth-order valence-electron chi connectivity index (χ4n) is 2.67. The van der Waals surface area contributed by atoms with Gasteiger partial charge >= 0.3 is 5.97 Å². The normalized spacial score (nSPS) is 10.2. The number of para-hydroxylation sites is 2. The molecule has 0 fully saturated rings. The van der Waals surface area contributed by atoms with Crippen LogP contribution in [0.25, 0.3) is 0 Å². The van der Waals surface area contributed by atoms with Crippen molar-refractivity contribution in [3.05, 3.63) is 83.7 Å². The van der Waals surface area contributed by atoms with Gasteiger partial charge in [0.05, 0.1) is 17.9 Å². The molecule has 0 atom stereocenters. The van der Waals surface area contributed by atoms with Crippen LogP contribution in [0, 0.1) is 6.92 Å². The zero-order valence-electron chi connectivity index (χ0n) is 15.7. The number of anilines is 3. The Morgan fingerprint density at radius 3 is 2.46 bits per heavy atom. The van der Waals surface area contributed by atoms with Crippen LogP contribution in [0.4, 0.5) is 17.1 Å². The molecule has 0 saturated heterocycles. The minimum atomic E-state index is -0.485. The molecule has 1 amide bonds. The summed E-state index contributed by atoms with van der Waals surface area (Å²) in [4.78, 5) is 28.9. The maximum atomic E-state index is 12.7. The first-order valence-corrected chi connectivity index (χ1v) is 8.94. The number of aryl methyl sites for hydroxylation is 1. The maximum Gasteiger partial charge on any atom is 0.340 e. The van der Waals surface area contributed by atoms with E-state index >= 15 is 0 Å². The van der Waals surface area contributed by atoms with E-state index in [0.29, 0.717) is 11.3 Å². The molecule has 2 N–H and O–H groups in total. The highest BCUT2D eigenvalue weighted by Gasteiger charge is 2.15. The number of nitrogens with one attached hydrogen (secondary N) is 2. The first kappa shape index (κ1) is 19.1. The molecule has 1 aromatic heterocycles. The van der Waals surface area contributed by atoms with Gasteiger partial charge in [0.2, 0.25) is 0 Å². The number of benzene rings is 2. The van der Waals surface area contributed by atoms with Gasteiger partial charge in [-0.1, -0.05) is 30.3 Å². The Morgan fingerprint density at radius 2 is 1.71 bits per heavy atom. The van der Waals surface area contributed by atoms with E-state index in [0.717, 1.165) is 16.9 Å². The van der Waals surface area contributed by atoms with Crippen LogP contribution in [0.15, 0.2) is 66.9 Å². The van der Waals surface area contributed by atoms with Gasteiger partial charge in [0, 0.05) is 17.6 Å². The van der Waals surface area contributed by atoms with Crippen LogP contribution < -0.4 is 10.6 Å². The fraction of sp³-hybridized carbons (Fsp3) is 0.136. The van der Waals surface area contributed by atoms with Gasteiger partial charge < -0.3 is 15.4 Å². The molecule has 0 aliphatic heterocycles. The molecule has 0 bridgehead atoms. The average Bonchev–Trinajstić information content (AvgIpc) is 2.70. The van der Waals surface area contributed by atoms with E-state index in [1.807, 2.05) is 31.2 Å². The molecular formula is C22H21N3O3. The second kappa shape index (κ2) is 8.81. The smallest absolute Gasteiger partial charge is 0.340 e. The predicted octanol–water partition coefficient (Wildman–Crippen LogP) is 4.56. The first-order chi connectivity index (χ1) is 13.6. The summed E-state index contributed by atoms with van der Waals surface area (Å²) in [6.45, 7) is 3.99. The highest BCUT2D eigenvalue weighted by molar-refractivity contribution is 6.07. The van der Waals surface area contributed by atoms with Crippen molar-refractivity contribution in [1.29, 1.82) is 0 Å². The minimum Gasteiger partial charge on any atom is -0.462 e. The molecule has 28 heavy (non-hydrogen) atoms. The molecule has 6 nitrogen and oxygen atoms in total. The molecule has 3 rings (SSSR count). The number of hydrogen-bond donors (Lipinski definition) is 2. The van der Waals surface area contributed by atoms with Crippen molar-refractivity contribution in [3.63, 3.8) is 0 Å². The van der Waals surface area contributed by atoms with E-state index in [-0.39, 0.29) is 12.3 Å². The second-order valence-corrected chi connectivity index (χ2v) is 6.09. The molecule has 142 valence electrons. The molecule has 0 aliphatic carbocycles. The Kier molecular flexibility index (Phi) is 6.01. The van der Waals surface area contributed by atoms with Gasteiger partial charge in [-0.2, -0.15) is 0 Å². The van der Waals surface area contributed by atoms with Gasteiger partial charge in [-0.05, 0) is 49.7 Å². The first-order valence-electron chi connectivity index (χ1n) is 8.94. The van der Waals surface area contributed by atoms with Gasteiger partial charge in [0.25, 0.3) is 5.91 Å². The zero-order chi connectivity index (χ0) is 19.9. The zero-order valence-corrected chi connectivity index (χ0v) is 15.7. The quantitative estimate of drug-likeness (QED) is 0.617. The Bertz CT molecular complexity index is 1000. The Labute approximate surface area is 163 Å². The summed E-state index contributed by atoms with van der Waals surface area (Å²) < 4.78 is 5.04. The number of ether oxygens (including phenoxy) is 1. The summed E-state index contributed by atoms with van der Waals surface area (Å²) in [6.07, 6.45) is 1.56. The van der Waals surface area contributed by atoms with Crippen LogP contribution in [0.5, 0.6) is 0 Å². The van der Waals surface area contributed by atoms with Crippen LogP contribution >= 0.6 is 0 Å². The molecule has 0 saturated carbocycles. The highest BCUT2D eigenvalue weighted by atomic mass is 16.5. The maximum absolute atomic E-state index is 12.7. The van der Waals surface area contributed by atoms with E-state index in [2.05, 4.69) is 15.6 Å². The largest absolute Gasteiger partial charge is 0.462 e.